The Kier molecular flexibility index (Phi) is 5.48. The Balaban J connectivity index is 1.83. The Morgan fingerprint density at radius 3 is 2.41 bits per heavy atom. The summed E-state index contributed by atoms with van der Waals surface area (Å²) < 4.78 is 26.7. The lowest BCUT2D eigenvalue weighted by atomic mass is 9.87. The molecule has 0 unspecified atom stereocenters. The molecule has 2 aromatic carbocycles. The van der Waals surface area contributed by atoms with Crippen LogP contribution in [-0.4, -0.2) is 25.1 Å². The molecule has 1 aromatic heterocycles. The van der Waals surface area contributed by atoms with E-state index in [-0.39, 0.29) is 16.9 Å². The number of para-hydroxylation sites is 1. The largest absolute Gasteiger partial charge is 0.368 e. The second-order valence-corrected chi connectivity index (χ2v) is 9.48. The van der Waals surface area contributed by atoms with Gasteiger partial charge in [0.05, 0.1) is 11.1 Å². The number of fused-ring (bicyclic) bond motifs is 1. The molecule has 0 saturated carbocycles. The van der Waals surface area contributed by atoms with Crippen molar-refractivity contribution in [2.24, 2.45) is 10.8 Å². The zero-order chi connectivity index (χ0) is 21.2. The number of nitrogens with zero attached hydrogens (tertiary/aromatic N) is 2. The molecule has 29 heavy (non-hydrogen) atoms. The van der Waals surface area contributed by atoms with E-state index in [0.29, 0.717) is 5.56 Å². The normalized spacial score (nSPS) is 12.5. The molecule has 0 spiro atoms. The number of nitrogens with one attached hydrogen (secondary N) is 1. The molecule has 1 amide bonds. The van der Waals surface area contributed by atoms with Gasteiger partial charge < -0.3 is 10.3 Å². The molecule has 0 fully saturated rings. The number of rotatable bonds is 6. The predicted octanol–water partition coefficient (Wildman–Crippen LogP) is 2.74. The molecule has 3 rings (SSSR count). The molecular weight excluding hydrogens is 388 g/mol. The number of sulfonamides is 1. The average Bonchev–Trinajstić information content (AvgIpc) is 2.98. The first-order valence-electron chi connectivity index (χ1n) is 9.09. The molecule has 7 nitrogen and oxygen atoms in total. The quantitative estimate of drug-likeness (QED) is 0.480. The van der Waals surface area contributed by atoms with E-state index in [1.165, 1.54) is 6.21 Å². The zero-order valence-corrected chi connectivity index (χ0v) is 17.4. The molecule has 0 aliphatic carbocycles. The van der Waals surface area contributed by atoms with Crippen LogP contribution >= 0.6 is 0 Å². The summed E-state index contributed by atoms with van der Waals surface area (Å²) in [6.45, 7) is 6.22. The maximum Gasteiger partial charge on any atom is 0.276 e. The Morgan fingerprint density at radius 1 is 1.14 bits per heavy atom. The van der Waals surface area contributed by atoms with Crippen LogP contribution in [-0.2, 0) is 26.8 Å². The van der Waals surface area contributed by atoms with Crippen molar-refractivity contribution in [3.05, 3.63) is 65.9 Å². The number of carbonyl (C=O) groups excluding carboxylic acids is 1. The van der Waals surface area contributed by atoms with Gasteiger partial charge in [-0.25, -0.2) is 4.83 Å². The lowest BCUT2D eigenvalue weighted by Gasteiger charge is -2.19. The molecule has 3 N–H and O–H groups in total. The third-order valence-electron chi connectivity index (χ3n) is 4.55. The first kappa shape index (κ1) is 20.6. The van der Waals surface area contributed by atoms with Crippen molar-refractivity contribution >= 4 is 33.0 Å². The number of primary amides is 1. The van der Waals surface area contributed by atoms with Gasteiger partial charge >= 0.3 is 0 Å². The molecule has 1 heterocycles. The summed E-state index contributed by atoms with van der Waals surface area (Å²) in [7, 11) is -3.79. The molecule has 0 atom stereocenters. The van der Waals surface area contributed by atoms with Gasteiger partial charge in [-0.2, -0.15) is 13.5 Å². The van der Waals surface area contributed by atoms with Crippen LogP contribution in [0.4, 0.5) is 0 Å². The van der Waals surface area contributed by atoms with E-state index in [0.717, 1.165) is 16.5 Å². The monoisotopic (exact) mass is 412 g/mol. The van der Waals surface area contributed by atoms with Crippen LogP contribution in [0.3, 0.4) is 0 Å². The maximum atomic E-state index is 12.5. The average molecular weight is 413 g/mol. The smallest absolute Gasteiger partial charge is 0.276 e. The molecule has 0 bridgehead atoms. The number of nitrogens with two attached hydrogens (primary N) is 1. The molecule has 8 heteroatoms. The first-order valence-corrected chi connectivity index (χ1v) is 10.6. The Labute approximate surface area is 170 Å². The number of amides is 1. The molecule has 0 radical (unpaired) electrons. The second kappa shape index (κ2) is 7.71. The maximum absolute atomic E-state index is 12.5. The van der Waals surface area contributed by atoms with E-state index >= 15 is 0 Å². The summed E-state index contributed by atoms with van der Waals surface area (Å²) in [5.74, 6) is -0.464. The van der Waals surface area contributed by atoms with Gasteiger partial charge in [0.15, 0.2) is 0 Å². The van der Waals surface area contributed by atoms with Crippen molar-refractivity contribution in [1.29, 1.82) is 0 Å². The van der Waals surface area contributed by atoms with Gasteiger partial charge in [-0.1, -0.05) is 51.1 Å². The van der Waals surface area contributed by atoms with Crippen molar-refractivity contribution in [2.75, 3.05) is 0 Å². The van der Waals surface area contributed by atoms with Gasteiger partial charge in [0, 0.05) is 22.7 Å². The highest BCUT2D eigenvalue weighted by Crippen LogP contribution is 2.23. The summed E-state index contributed by atoms with van der Waals surface area (Å²) >= 11 is 0. The minimum absolute atomic E-state index is 0.0280. The first-order chi connectivity index (χ1) is 13.6. The summed E-state index contributed by atoms with van der Waals surface area (Å²) in [6, 6.07) is 14.2. The van der Waals surface area contributed by atoms with Crippen LogP contribution in [0.25, 0.3) is 10.9 Å². The van der Waals surface area contributed by atoms with Gasteiger partial charge in [0.2, 0.25) is 5.91 Å². The minimum atomic E-state index is -3.79. The van der Waals surface area contributed by atoms with Crippen molar-refractivity contribution in [2.45, 2.75) is 37.6 Å². The second-order valence-electron chi connectivity index (χ2n) is 7.82. The fraction of sp³-hybridized carbons (Fsp3) is 0.238. The Bertz CT molecular complexity index is 1170. The molecule has 3 aromatic rings. The standard InChI is InChI=1S/C21H24N4O3S/c1-21(2,3)16-8-10-17(11-9-16)29(27,28)24-23-12-15-13-25(14-20(22)26)19-7-5-4-6-18(15)19/h4-13,24H,14H2,1-3H3,(H2,22,26)/b23-12+. The van der Waals surface area contributed by atoms with Crippen LogP contribution in [0.1, 0.15) is 31.9 Å². The van der Waals surface area contributed by atoms with Gasteiger partial charge in [-0.15, -0.1) is 0 Å². The molecule has 0 aliphatic heterocycles. The van der Waals surface area contributed by atoms with Crippen LogP contribution in [0.2, 0.25) is 0 Å². The van der Waals surface area contributed by atoms with E-state index in [4.69, 9.17) is 5.73 Å². The van der Waals surface area contributed by atoms with Gasteiger partial charge in [-0.3, -0.25) is 4.79 Å². The third kappa shape index (κ3) is 4.65. The Hall–Kier alpha value is -3.13. The van der Waals surface area contributed by atoms with Crippen LogP contribution in [0.15, 0.2) is 64.7 Å². The zero-order valence-electron chi connectivity index (χ0n) is 16.6. The number of hydrazone groups is 1. The fourth-order valence-corrected chi connectivity index (χ4v) is 3.82. The van der Waals surface area contributed by atoms with E-state index in [1.54, 1.807) is 35.0 Å². The summed E-state index contributed by atoms with van der Waals surface area (Å²) in [5, 5.41) is 4.75. The van der Waals surface area contributed by atoms with Gasteiger partial charge in [-0.05, 0) is 29.2 Å². The summed E-state index contributed by atoms with van der Waals surface area (Å²) in [5.41, 5.74) is 7.77. The molecule has 152 valence electrons. The highest BCUT2D eigenvalue weighted by atomic mass is 32.2. The third-order valence-corrected chi connectivity index (χ3v) is 5.79. The minimum Gasteiger partial charge on any atom is -0.368 e. The summed E-state index contributed by atoms with van der Waals surface area (Å²) in [4.78, 5) is 13.7. The highest BCUT2D eigenvalue weighted by molar-refractivity contribution is 7.89. The van der Waals surface area contributed by atoms with Crippen molar-refractivity contribution < 1.29 is 13.2 Å². The molecular formula is C21H24N4O3S. The highest BCUT2D eigenvalue weighted by Gasteiger charge is 2.17. The summed E-state index contributed by atoms with van der Waals surface area (Å²) in [6.07, 6.45) is 3.13. The Morgan fingerprint density at radius 2 is 1.79 bits per heavy atom. The fourth-order valence-electron chi connectivity index (χ4n) is 3.03. The SMILES string of the molecule is CC(C)(C)c1ccc(S(=O)(=O)N/N=C/c2cn(CC(N)=O)c3ccccc23)cc1. The molecule has 0 aliphatic rings. The van der Waals surface area contributed by atoms with Crippen molar-refractivity contribution in [3.8, 4) is 0 Å². The van der Waals surface area contributed by atoms with E-state index < -0.39 is 15.9 Å². The number of hydrogen-bond donors (Lipinski definition) is 2. The van der Waals surface area contributed by atoms with Crippen molar-refractivity contribution in [3.63, 3.8) is 0 Å². The number of aromatic nitrogens is 1. The van der Waals surface area contributed by atoms with E-state index in [1.807, 2.05) is 24.3 Å². The van der Waals surface area contributed by atoms with Crippen LogP contribution in [0.5, 0.6) is 0 Å². The van der Waals surface area contributed by atoms with E-state index in [9.17, 15) is 13.2 Å². The number of hydrogen-bond acceptors (Lipinski definition) is 4. The number of carbonyl (C=O) groups is 1. The van der Waals surface area contributed by atoms with Crippen LogP contribution in [0, 0.1) is 0 Å². The molecule has 0 saturated heterocycles. The number of benzene rings is 2. The predicted molar refractivity (Wildman–Crippen MR) is 114 cm³/mol. The lowest BCUT2D eigenvalue weighted by molar-refractivity contribution is -0.118. The van der Waals surface area contributed by atoms with Gasteiger partial charge in [0.1, 0.15) is 6.54 Å². The lowest BCUT2D eigenvalue weighted by Crippen LogP contribution is -2.19. The topological polar surface area (TPSA) is 107 Å². The van der Waals surface area contributed by atoms with Crippen LogP contribution < -0.4 is 10.6 Å². The van der Waals surface area contributed by atoms with E-state index in [2.05, 4.69) is 30.7 Å². The van der Waals surface area contributed by atoms with Crippen molar-refractivity contribution in [1.82, 2.24) is 9.40 Å². The van der Waals surface area contributed by atoms with Gasteiger partial charge in [0.25, 0.3) is 10.0 Å².